The average Bonchev–Trinajstić information content (AvgIpc) is 3.73. The number of aromatic carboxylic acids is 1. The van der Waals surface area contributed by atoms with Crippen molar-refractivity contribution in [1.29, 1.82) is 0 Å². The first-order chi connectivity index (χ1) is 24.0. The highest BCUT2D eigenvalue weighted by Gasteiger charge is 2.50. The van der Waals surface area contributed by atoms with Crippen molar-refractivity contribution < 1.29 is 38.1 Å². The molecule has 2 aliphatic rings. The molecule has 4 aromatic carbocycles. The van der Waals surface area contributed by atoms with Crippen LogP contribution in [0.2, 0.25) is 0 Å². The van der Waals surface area contributed by atoms with Crippen molar-refractivity contribution in [2.24, 2.45) is 5.41 Å². The molecule has 2 atom stereocenters. The maximum absolute atomic E-state index is 14.0. The molecule has 0 spiro atoms. The Morgan fingerprint density at radius 2 is 1.64 bits per heavy atom. The smallest absolute Gasteiger partial charge is 0.407 e. The van der Waals surface area contributed by atoms with Crippen molar-refractivity contribution in [3.05, 3.63) is 125 Å². The lowest BCUT2D eigenvalue weighted by molar-refractivity contribution is -0.159. The fourth-order valence-electron chi connectivity index (χ4n) is 7.02. The van der Waals surface area contributed by atoms with Crippen LogP contribution >= 0.6 is 0 Å². The van der Waals surface area contributed by atoms with Gasteiger partial charge in [0, 0.05) is 47.2 Å². The van der Waals surface area contributed by atoms with Gasteiger partial charge in [0.1, 0.15) is 18.3 Å². The minimum atomic E-state index is -1.17. The van der Waals surface area contributed by atoms with E-state index >= 15 is 0 Å². The van der Waals surface area contributed by atoms with Gasteiger partial charge in [-0.1, -0.05) is 62.4 Å². The van der Waals surface area contributed by atoms with Crippen molar-refractivity contribution in [3.63, 3.8) is 0 Å². The molecule has 2 heterocycles. The van der Waals surface area contributed by atoms with Gasteiger partial charge in [-0.25, -0.2) is 14.0 Å². The van der Waals surface area contributed by atoms with Crippen molar-refractivity contribution in [3.8, 4) is 11.1 Å². The Kier molecular flexibility index (Phi) is 8.35. The molecule has 5 aromatic rings. The summed E-state index contributed by atoms with van der Waals surface area (Å²) in [5.74, 6) is -4.01. The Bertz CT molecular complexity index is 2100. The predicted molar refractivity (Wildman–Crippen MR) is 183 cm³/mol. The summed E-state index contributed by atoms with van der Waals surface area (Å²) < 4.78 is 25.7. The van der Waals surface area contributed by atoms with Gasteiger partial charge < -0.3 is 29.8 Å². The van der Waals surface area contributed by atoms with E-state index in [1.54, 1.807) is 20.0 Å². The molecule has 2 amide bonds. The zero-order chi connectivity index (χ0) is 35.2. The Morgan fingerprint density at radius 1 is 0.980 bits per heavy atom. The van der Waals surface area contributed by atoms with E-state index in [4.69, 9.17) is 9.47 Å². The lowest BCUT2D eigenvalue weighted by Crippen LogP contribution is -2.40. The number of H-pyrrole nitrogens is 1. The number of halogens is 1. The summed E-state index contributed by atoms with van der Waals surface area (Å²) in [6, 6.07) is 26.0. The summed E-state index contributed by atoms with van der Waals surface area (Å²) in [6.45, 7) is 3.67. The second-order valence-electron chi connectivity index (χ2n) is 13.3. The van der Waals surface area contributed by atoms with Gasteiger partial charge in [0.05, 0.1) is 5.56 Å². The van der Waals surface area contributed by atoms with Gasteiger partial charge in [-0.3, -0.25) is 9.59 Å². The van der Waals surface area contributed by atoms with Gasteiger partial charge >= 0.3 is 18.0 Å². The molecule has 0 unspecified atom stereocenters. The first kappa shape index (κ1) is 32.6. The fraction of sp³-hybridized carbons (Fsp3) is 0.231. The Balaban J connectivity index is 1.09. The Labute approximate surface area is 286 Å². The predicted octanol–water partition coefficient (Wildman–Crippen LogP) is 6.61. The van der Waals surface area contributed by atoms with E-state index in [2.05, 4.69) is 10.3 Å². The summed E-state index contributed by atoms with van der Waals surface area (Å²) in [7, 11) is 0. The number of carboxylic acids is 1. The van der Waals surface area contributed by atoms with Crippen molar-refractivity contribution in [2.75, 3.05) is 24.6 Å². The number of carboxylic acid groups (broad SMARTS) is 1. The number of ether oxygens (including phenoxy) is 2. The van der Waals surface area contributed by atoms with Crippen LogP contribution in [0.4, 0.5) is 14.9 Å². The maximum Gasteiger partial charge on any atom is 0.407 e. The molecule has 50 heavy (non-hydrogen) atoms. The van der Waals surface area contributed by atoms with Crippen molar-refractivity contribution in [2.45, 2.75) is 31.8 Å². The molecule has 11 heteroatoms. The van der Waals surface area contributed by atoms with Crippen molar-refractivity contribution >= 4 is 40.5 Å². The maximum atomic E-state index is 14.0. The molecular formula is C39H34FN3O7. The van der Waals surface area contributed by atoms with Gasteiger partial charge in [-0.15, -0.1) is 0 Å². The zero-order valence-corrected chi connectivity index (χ0v) is 27.3. The van der Waals surface area contributed by atoms with Crippen LogP contribution in [-0.2, 0) is 19.1 Å². The molecule has 10 nitrogen and oxygen atoms in total. The molecule has 1 saturated heterocycles. The number of carbonyl (C=O) groups excluding carboxylic acids is 3. The number of hydrogen-bond donors (Lipinski definition) is 3. The third-order valence-electron chi connectivity index (χ3n) is 9.56. The quantitative estimate of drug-likeness (QED) is 0.150. The Hall–Kier alpha value is -5.97. The SMILES string of the molecule is CC1(C)CN(c2ccc(C(=O)O)cc2)C(=O)[C@@H]1OC(=O)[C@H](CNC(=O)OCC1c2ccccc2-c2ccccc21)c1c[nH]c2cc(F)ccc12. The summed E-state index contributed by atoms with van der Waals surface area (Å²) in [5.41, 5.74) is 4.94. The standard InChI is InChI=1S/C39H34FN3O7/c1-39(2)21-43(24-14-11-22(12-15-24)36(45)46)35(44)34(39)50-37(47)31(30-18-41-33-17-23(40)13-16-29(30)33)19-42-38(48)49-20-32-27-9-5-3-7-25(27)26-8-4-6-10-28(26)32/h3-18,31-32,34,41H,19-21H2,1-2H3,(H,42,48)(H,45,46)/t31-,34+/m1/s1. The highest BCUT2D eigenvalue weighted by molar-refractivity contribution is 6.02. The number of nitrogens with zero attached hydrogens (tertiary/aromatic N) is 1. The number of carbonyl (C=O) groups is 4. The van der Waals surface area contributed by atoms with Crippen LogP contribution in [0.5, 0.6) is 0 Å². The molecule has 1 aromatic heterocycles. The Morgan fingerprint density at radius 3 is 2.30 bits per heavy atom. The monoisotopic (exact) mass is 675 g/mol. The normalized spacial score (nSPS) is 16.9. The lowest BCUT2D eigenvalue weighted by Gasteiger charge is -2.25. The summed E-state index contributed by atoms with van der Waals surface area (Å²) in [4.78, 5) is 56.6. The number of hydrogen-bond acceptors (Lipinski definition) is 6. The number of fused-ring (bicyclic) bond motifs is 4. The summed E-state index contributed by atoms with van der Waals surface area (Å²) >= 11 is 0. The van der Waals surface area contributed by atoms with Crippen molar-refractivity contribution in [1.82, 2.24) is 10.3 Å². The van der Waals surface area contributed by atoms with Gasteiger partial charge in [-0.2, -0.15) is 0 Å². The molecule has 1 aliphatic heterocycles. The van der Waals surface area contributed by atoms with E-state index in [-0.39, 0.29) is 31.2 Å². The lowest BCUT2D eigenvalue weighted by atomic mass is 9.89. The number of amides is 2. The zero-order valence-electron chi connectivity index (χ0n) is 27.3. The molecule has 0 bridgehead atoms. The molecule has 3 N–H and O–H groups in total. The average molecular weight is 676 g/mol. The highest BCUT2D eigenvalue weighted by Crippen LogP contribution is 2.44. The van der Waals surface area contributed by atoms with Crippen LogP contribution in [0.15, 0.2) is 97.2 Å². The second kappa shape index (κ2) is 12.8. The van der Waals surface area contributed by atoms with E-state index in [1.807, 2.05) is 48.5 Å². The summed E-state index contributed by atoms with van der Waals surface area (Å²) in [5, 5.41) is 12.5. The molecule has 1 fully saturated rings. The van der Waals surface area contributed by atoms with Gasteiger partial charge in [0.15, 0.2) is 6.10 Å². The number of nitrogens with one attached hydrogen (secondary N) is 2. The van der Waals surface area contributed by atoms with Gasteiger partial charge in [0.2, 0.25) is 0 Å². The van der Waals surface area contributed by atoms with E-state index in [0.717, 1.165) is 22.3 Å². The largest absolute Gasteiger partial charge is 0.478 e. The summed E-state index contributed by atoms with van der Waals surface area (Å²) in [6.07, 6.45) is -0.342. The third kappa shape index (κ3) is 5.95. The fourth-order valence-corrected chi connectivity index (χ4v) is 7.02. The topological polar surface area (TPSA) is 138 Å². The van der Waals surface area contributed by atoms with Crippen LogP contribution in [-0.4, -0.2) is 59.8 Å². The van der Waals surface area contributed by atoms with Crippen LogP contribution in [0.3, 0.4) is 0 Å². The van der Waals surface area contributed by atoms with Crippen LogP contribution in [0.25, 0.3) is 22.0 Å². The van der Waals surface area contributed by atoms with E-state index < -0.39 is 47.2 Å². The molecule has 254 valence electrons. The number of aromatic amines is 1. The molecule has 7 rings (SSSR count). The second-order valence-corrected chi connectivity index (χ2v) is 13.3. The first-order valence-electron chi connectivity index (χ1n) is 16.2. The number of alkyl carbamates (subject to hydrolysis) is 1. The van der Waals surface area contributed by atoms with Gasteiger partial charge in [0.25, 0.3) is 5.91 Å². The van der Waals surface area contributed by atoms with E-state index in [0.29, 0.717) is 22.2 Å². The van der Waals surface area contributed by atoms with E-state index in [9.17, 15) is 28.7 Å². The van der Waals surface area contributed by atoms with Crippen LogP contribution in [0, 0.1) is 11.2 Å². The highest BCUT2D eigenvalue weighted by atomic mass is 19.1. The number of rotatable bonds is 9. The number of benzene rings is 4. The number of esters is 1. The molecule has 0 saturated carbocycles. The van der Waals surface area contributed by atoms with Gasteiger partial charge in [-0.05, 0) is 70.3 Å². The van der Waals surface area contributed by atoms with E-state index in [1.165, 1.54) is 47.4 Å². The minimum Gasteiger partial charge on any atom is -0.478 e. The van der Waals surface area contributed by atoms with Crippen LogP contribution < -0.4 is 10.2 Å². The molecule has 0 radical (unpaired) electrons. The molecular weight excluding hydrogens is 641 g/mol. The number of aromatic nitrogens is 1. The third-order valence-corrected chi connectivity index (χ3v) is 9.56. The minimum absolute atomic E-state index is 0.0768. The van der Waals surface area contributed by atoms with Crippen LogP contribution in [0.1, 0.15) is 52.7 Å². The first-order valence-corrected chi connectivity index (χ1v) is 16.2. The number of anilines is 1. The molecule has 1 aliphatic carbocycles.